The Morgan fingerprint density at radius 3 is 2.37 bits per heavy atom. The predicted molar refractivity (Wildman–Crippen MR) is 120 cm³/mol. The molecular weight excluding hydrogens is 442 g/mol. The smallest absolute Gasteiger partial charge is 0.340 e. The fraction of sp³-hybridized carbons (Fsp3) is 0.227. The van der Waals surface area contributed by atoms with Gasteiger partial charge in [-0.3, -0.25) is 4.79 Å². The summed E-state index contributed by atoms with van der Waals surface area (Å²) in [7, 11) is -4.06. The lowest BCUT2D eigenvalue weighted by atomic mass is 10.1. The van der Waals surface area contributed by atoms with Gasteiger partial charge in [0.05, 0.1) is 9.90 Å². The van der Waals surface area contributed by atoms with Gasteiger partial charge >= 0.3 is 10.1 Å². The highest BCUT2D eigenvalue weighted by Crippen LogP contribution is 2.28. The predicted octanol–water partition coefficient (Wildman–Crippen LogP) is 5.53. The molecule has 0 radical (unpaired) electrons. The van der Waals surface area contributed by atoms with E-state index in [-0.39, 0.29) is 27.6 Å². The van der Waals surface area contributed by atoms with E-state index in [4.69, 9.17) is 15.8 Å². The summed E-state index contributed by atoms with van der Waals surface area (Å²) in [5.41, 5.74) is 1.38. The van der Waals surface area contributed by atoms with Gasteiger partial charge in [0.25, 0.3) is 5.91 Å². The standard InChI is InChI=1S/C22H22ClNO4S2/c1-15(2)24(22(25)20-8-5-13-29-20)14-17-9-11-18(12-10-17)28-30(26,27)21-16(3)6-4-7-19(21)23/h4-13,15H,14H2,1-3H3. The molecule has 0 N–H and O–H groups in total. The minimum Gasteiger partial charge on any atom is -0.379 e. The van der Waals surface area contributed by atoms with Gasteiger partial charge in [0.15, 0.2) is 0 Å². The van der Waals surface area contributed by atoms with Crippen molar-refractivity contribution in [3.05, 3.63) is 81.0 Å². The van der Waals surface area contributed by atoms with Crippen molar-refractivity contribution in [2.45, 2.75) is 38.3 Å². The maximum Gasteiger partial charge on any atom is 0.340 e. The molecule has 8 heteroatoms. The van der Waals surface area contributed by atoms with E-state index in [0.29, 0.717) is 17.0 Å². The molecule has 1 heterocycles. The van der Waals surface area contributed by atoms with Crippen LogP contribution in [-0.2, 0) is 16.7 Å². The Hall–Kier alpha value is -2.35. The Kier molecular flexibility index (Phi) is 6.85. The van der Waals surface area contributed by atoms with Crippen LogP contribution in [0.3, 0.4) is 0 Å². The summed E-state index contributed by atoms with van der Waals surface area (Å²) in [6.07, 6.45) is 0. The zero-order chi connectivity index (χ0) is 21.9. The molecule has 1 aromatic heterocycles. The maximum atomic E-state index is 12.7. The third-order valence-electron chi connectivity index (χ3n) is 4.51. The molecule has 158 valence electrons. The number of carbonyl (C=O) groups is 1. The summed E-state index contributed by atoms with van der Waals surface area (Å²) in [4.78, 5) is 15.2. The van der Waals surface area contributed by atoms with Crippen molar-refractivity contribution >= 4 is 39.0 Å². The van der Waals surface area contributed by atoms with Crippen LogP contribution in [0.25, 0.3) is 0 Å². The van der Waals surface area contributed by atoms with E-state index < -0.39 is 10.1 Å². The Morgan fingerprint density at radius 1 is 1.10 bits per heavy atom. The van der Waals surface area contributed by atoms with E-state index >= 15 is 0 Å². The quantitative estimate of drug-likeness (QED) is 0.432. The van der Waals surface area contributed by atoms with Crippen LogP contribution in [0.4, 0.5) is 0 Å². The molecular formula is C22H22ClNO4S2. The molecule has 2 aromatic carbocycles. The average molecular weight is 464 g/mol. The Bertz CT molecular complexity index is 1100. The van der Waals surface area contributed by atoms with Crippen LogP contribution in [-0.4, -0.2) is 25.3 Å². The van der Waals surface area contributed by atoms with Crippen LogP contribution in [0.5, 0.6) is 5.75 Å². The lowest BCUT2D eigenvalue weighted by Crippen LogP contribution is -2.35. The third kappa shape index (κ3) is 5.03. The van der Waals surface area contributed by atoms with Gasteiger partial charge in [-0.05, 0) is 61.5 Å². The number of rotatable bonds is 7. The molecule has 0 aliphatic heterocycles. The zero-order valence-electron chi connectivity index (χ0n) is 16.8. The fourth-order valence-electron chi connectivity index (χ4n) is 2.98. The minimum absolute atomic E-state index is 0.0131. The molecule has 3 rings (SSSR count). The SMILES string of the molecule is Cc1cccc(Cl)c1S(=O)(=O)Oc1ccc(CN(C(=O)c2cccs2)C(C)C)cc1. The number of benzene rings is 2. The summed E-state index contributed by atoms with van der Waals surface area (Å²) < 4.78 is 30.6. The molecule has 0 atom stereocenters. The van der Waals surface area contributed by atoms with Crippen molar-refractivity contribution < 1.29 is 17.4 Å². The first-order valence-corrected chi connectivity index (χ1v) is 12.0. The van der Waals surface area contributed by atoms with E-state index in [2.05, 4.69) is 0 Å². The second kappa shape index (κ2) is 9.20. The summed E-state index contributed by atoms with van der Waals surface area (Å²) in [5.74, 6) is 0.149. The molecule has 3 aromatic rings. The van der Waals surface area contributed by atoms with Gasteiger partial charge in [0.1, 0.15) is 10.6 Å². The first kappa shape index (κ1) is 22.3. The molecule has 30 heavy (non-hydrogen) atoms. The van der Waals surface area contributed by atoms with Gasteiger partial charge in [-0.1, -0.05) is 41.9 Å². The van der Waals surface area contributed by atoms with E-state index in [1.807, 2.05) is 25.3 Å². The summed E-state index contributed by atoms with van der Waals surface area (Å²) in [6, 6.07) is 15.2. The lowest BCUT2D eigenvalue weighted by Gasteiger charge is -2.26. The number of hydrogen-bond acceptors (Lipinski definition) is 5. The van der Waals surface area contributed by atoms with Crippen molar-refractivity contribution in [1.29, 1.82) is 0 Å². The van der Waals surface area contributed by atoms with Gasteiger partial charge in [-0.25, -0.2) is 0 Å². The number of thiophene rings is 1. The molecule has 5 nitrogen and oxygen atoms in total. The maximum absolute atomic E-state index is 12.7. The number of hydrogen-bond donors (Lipinski definition) is 0. The monoisotopic (exact) mass is 463 g/mol. The molecule has 0 aliphatic rings. The lowest BCUT2D eigenvalue weighted by molar-refractivity contribution is 0.0695. The molecule has 0 bridgehead atoms. The summed E-state index contributed by atoms with van der Waals surface area (Å²) in [5, 5.41) is 1.99. The summed E-state index contributed by atoms with van der Waals surface area (Å²) >= 11 is 7.48. The van der Waals surface area contributed by atoms with E-state index in [0.717, 1.165) is 5.56 Å². The highest BCUT2D eigenvalue weighted by molar-refractivity contribution is 7.87. The van der Waals surface area contributed by atoms with Crippen molar-refractivity contribution in [2.75, 3.05) is 0 Å². The Balaban J connectivity index is 1.77. The van der Waals surface area contributed by atoms with Gasteiger partial charge in [0.2, 0.25) is 0 Å². The number of halogens is 1. The summed E-state index contributed by atoms with van der Waals surface area (Å²) in [6.45, 7) is 5.99. The van der Waals surface area contributed by atoms with Crippen LogP contribution in [0.2, 0.25) is 5.02 Å². The number of aryl methyl sites for hydroxylation is 1. The fourth-order valence-corrected chi connectivity index (χ4v) is 5.38. The van der Waals surface area contributed by atoms with Gasteiger partial charge in [-0.15, -0.1) is 11.3 Å². The Morgan fingerprint density at radius 2 is 1.80 bits per heavy atom. The molecule has 1 amide bonds. The van der Waals surface area contributed by atoms with Crippen LogP contribution >= 0.6 is 22.9 Å². The van der Waals surface area contributed by atoms with E-state index in [1.165, 1.54) is 17.4 Å². The minimum atomic E-state index is -4.06. The van der Waals surface area contributed by atoms with Crippen molar-refractivity contribution in [2.24, 2.45) is 0 Å². The van der Waals surface area contributed by atoms with Crippen molar-refractivity contribution in [3.63, 3.8) is 0 Å². The van der Waals surface area contributed by atoms with Crippen molar-refractivity contribution in [1.82, 2.24) is 4.90 Å². The molecule has 0 fully saturated rings. The number of carbonyl (C=O) groups excluding carboxylic acids is 1. The largest absolute Gasteiger partial charge is 0.379 e. The van der Waals surface area contributed by atoms with Crippen molar-refractivity contribution in [3.8, 4) is 5.75 Å². The molecule has 0 aliphatic carbocycles. The second-order valence-electron chi connectivity index (χ2n) is 7.07. The first-order chi connectivity index (χ1) is 14.2. The first-order valence-electron chi connectivity index (χ1n) is 9.32. The molecule has 0 saturated heterocycles. The highest BCUT2D eigenvalue weighted by Gasteiger charge is 2.23. The number of nitrogens with zero attached hydrogens (tertiary/aromatic N) is 1. The van der Waals surface area contributed by atoms with E-state index in [9.17, 15) is 13.2 Å². The van der Waals surface area contributed by atoms with Crippen LogP contribution in [0.15, 0.2) is 64.9 Å². The second-order valence-corrected chi connectivity index (χ2v) is 9.91. The molecule has 0 unspecified atom stereocenters. The van der Waals surface area contributed by atoms with Gasteiger partial charge < -0.3 is 9.08 Å². The van der Waals surface area contributed by atoms with Crippen LogP contribution in [0.1, 0.15) is 34.6 Å². The molecule has 0 spiro atoms. The normalized spacial score (nSPS) is 11.5. The van der Waals surface area contributed by atoms with Crippen LogP contribution < -0.4 is 4.18 Å². The zero-order valence-corrected chi connectivity index (χ0v) is 19.2. The Labute approximate surface area is 186 Å². The topological polar surface area (TPSA) is 63.7 Å². The highest BCUT2D eigenvalue weighted by atomic mass is 35.5. The van der Waals surface area contributed by atoms with Gasteiger partial charge in [0, 0.05) is 12.6 Å². The van der Waals surface area contributed by atoms with Gasteiger partial charge in [-0.2, -0.15) is 8.42 Å². The average Bonchev–Trinajstić information content (AvgIpc) is 3.21. The van der Waals surface area contributed by atoms with Crippen LogP contribution in [0, 0.1) is 6.92 Å². The van der Waals surface area contributed by atoms with E-state index in [1.54, 1.807) is 54.3 Å². The third-order valence-corrected chi connectivity index (χ3v) is 7.25. The number of amides is 1. The molecule has 0 saturated carbocycles.